The average Bonchev–Trinajstić information content (AvgIpc) is 2.93. The first-order chi connectivity index (χ1) is 19.4. The minimum absolute atomic E-state index is 0.0222. The number of rotatable bonds is 15. The highest BCUT2D eigenvalue weighted by Gasteiger charge is 2.54. The number of ether oxygens (including phenoxy) is 2. The number of carbonyl (C=O) groups excluding carboxylic acids is 4. The first-order valence-electron chi connectivity index (χ1n) is 14.4. The Labute approximate surface area is 243 Å². The van der Waals surface area contributed by atoms with E-state index in [2.05, 4.69) is 10.9 Å². The molecule has 0 bridgehead atoms. The summed E-state index contributed by atoms with van der Waals surface area (Å²) in [6, 6.07) is 9.33. The van der Waals surface area contributed by atoms with Crippen LogP contribution in [0.25, 0.3) is 6.08 Å². The Kier molecular flexibility index (Phi) is 13.6. The number of carbonyl (C=O) groups is 4. The average molecular weight is 574 g/mol. The number of Topliss-reactive ketones (excluding diaryl/α,β-unsaturated/α-hetero) is 1. The Hall–Kier alpha value is -3.08. The summed E-state index contributed by atoms with van der Waals surface area (Å²) in [5.74, 6) is 0.878. The molecule has 0 aliphatic carbocycles. The van der Waals surface area contributed by atoms with Crippen LogP contribution in [0.2, 0.25) is 0 Å². The van der Waals surface area contributed by atoms with Crippen molar-refractivity contribution in [3.05, 3.63) is 42.0 Å². The van der Waals surface area contributed by atoms with Gasteiger partial charge >= 0.3 is 5.97 Å². The molecular formula is C31H47N3O7. The molecule has 2 amide bonds. The molecule has 1 saturated heterocycles. The topological polar surface area (TPSA) is 146 Å². The molecule has 1 aliphatic heterocycles. The molecule has 10 nitrogen and oxygen atoms in total. The van der Waals surface area contributed by atoms with Gasteiger partial charge in [-0.25, -0.2) is 16.2 Å². The summed E-state index contributed by atoms with van der Waals surface area (Å²) in [5, 5.41) is 0. The third kappa shape index (κ3) is 10.1. The van der Waals surface area contributed by atoms with Crippen molar-refractivity contribution in [1.29, 1.82) is 0 Å². The number of nitrogens with one attached hydrogen (secondary N) is 2. The van der Waals surface area contributed by atoms with Crippen LogP contribution in [0.4, 0.5) is 0 Å². The van der Waals surface area contributed by atoms with Gasteiger partial charge in [-0.2, -0.15) is 0 Å². The van der Waals surface area contributed by atoms with Gasteiger partial charge in [-0.05, 0) is 50.0 Å². The minimum Gasteiger partial charge on any atom is -0.455 e. The van der Waals surface area contributed by atoms with E-state index in [1.807, 2.05) is 58.0 Å². The van der Waals surface area contributed by atoms with Crippen molar-refractivity contribution in [1.82, 2.24) is 10.9 Å². The quantitative estimate of drug-likeness (QED) is 0.123. The van der Waals surface area contributed by atoms with Gasteiger partial charge in [0.2, 0.25) is 11.8 Å². The molecule has 5 atom stereocenters. The Bertz CT molecular complexity index is 1040. The van der Waals surface area contributed by atoms with Gasteiger partial charge in [0.15, 0.2) is 18.2 Å². The maximum Gasteiger partial charge on any atom is 0.303 e. The van der Waals surface area contributed by atoms with E-state index in [9.17, 15) is 19.2 Å². The van der Waals surface area contributed by atoms with Gasteiger partial charge in [0.25, 0.3) is 0 Å². The van der Waals surface area contributed by atoms with Crippen LogP contribution in [-0.4, -0.2) is 42.6 Å². The summed E-state index contributed by atoms with van der Waals surface area (Å²) in [6.45, 7) is 10.9. The number of allylic oxidation sites excluding steroid dienone is 1. The number of ketones is 1. The van der Waals surface area contributed by atoms with Crippen molar-refractivity contribution in [2.75, 3.05) is 6.61 Å². The Morgan fingerprint density at radius 1 is 1.05 bits per heavy atom. The largest absolute Gasteiger partial charge is 0.455 e. The number of nitrogens with two attached hydrogens (primary N) is 1. The fourth-order valence-corrected chi connectivity index (χ4v) is 5.58. The summed E-state index contributed by atoms with van der Waals surface area (Å²) in [5.41, 5.74) is 3.94. The zero-order valence-corrected chi connectivity index (χ0v) is 25.2. The molecule has 1 heterocycles. The summed E-state index contributed by atoms with van der Waals surface area (Å²) in [6.07, 6.45) is 4.43. The summed E-state index contributed by atoms with van der Waals surface area (Å²) in [7, 11) is 0. The first-order valence-corrected chi connectivity index (χ1v) is 14.4. The highest BCUT2D eigenvalue weighted by atomic mass is 16.8. The molecule has 1 aromatic carbocycles. The molecule has 1 aliphatic rings. The number of hydrazine groups is 1. The highest BCUT2D eigenvalue weighted by Crippen LogP contribution is 2.45. The molecule has 0 radical (unpaired) electrons. The predicted molar refractivity (Wildman–Crippen MR) is 155 cm³/mol. The molecule has 3 unspecified atom stereocenters. The molecule has 1 aromatic rings. The molecule has 0 spiro atoms. The summed E-state index contributed by atoms with van der Waals surface area (Å²) in [4.78, 5) is 59.6. The molecule has 2 rings (SSSR count). The molecule has 1 fully saturated rings. The molecule has 4 N–H and O–H groups in total. The lowest BCUT2D eigenvalue weighted by molar-refractivity contribution is -0.205. The van der Waals surface area contributed by atoms with E-state index in [1.54, 1.807) is 12.2 Å². The first kappa shape index (κ1) is 34.1. The minimum atomic E-state index is -1.58. The third-order valence-electron chi connectivity index (χ3n) is 7.16. The van der Waals surface area contributed by atoms with Gasteiger partial charge in [-0.3, -0.25) is 24.6 Å². The smallest absolute Gasteiger partial charge is 0.303 e. The highest BCUT2D eigenvalue weighted by molar-refractivity contribution is 5.99. The van der Waals surface area contributed by atoms with Gasteiger partial charge in [-0.15, -0.1) is 0 Å². The second-order valence-corrected chi connectivity index (χ2v) is 11.6. The van der Waals surface area contributed by atoms with Gasteiger partial charge in [0.1, 0.15) is 0 Å². The van der Waals surface area contributed by atoms with Gasteiger partial charge in [0.05, 0.1) is 17.3 Å². The van der Waals surface area contributed by atoms with E-state index in [4.69, 9.17) is 20.2 Å². The zero-order chi connectivity index (χ0) is 30.6. The molecular weight excluding hydrogens is 526 g/mol. The van der Waals surface area contributed by atoms with Crippen LogP contribution in [0.3, 0.4) is 0 Å². The summed E-state index contributed by atoms with van der Waals surface area (Å²) >= 11 is 0. The van der Waals surface area contributed by atoms with Crippen LogP contribution < -0.4 is 16.7 Å². The lowest BCUT2D eigenvalue weighted by Gasteiger charge is -2.42. The van der Waals surface area contributed by atoms with E-state index in [1.165, 1.54) is 13.8 Å². The van der Waals surface area contributed by atoms with Gasteiger partial charge in [0, 0.05) is 20.0 Å². The van der Waals surface area contributed by atoms with Crippen molar-refractivity contribution < 1.29 is 33.5 Å². The fraction of sp³-hybridized carbons (Fsp3) is 0.613. The second kappa shape index (κ2) is 16.4. The van der Waals surface area contributed by atoms with E-state index in [0.717, 1.165) is 18.4 Å². The Morgan fingerprint density at radius 3 is 2.27 bits per heavy atom. The van der Waals surface area contributed by atoms with E-state index < -0.39 is 53.2 Å². The van der Waals surface area contributed by atoms with E-state index >= 15 is 0 Å². The molecule has 0 aromatic heterocycles. The van der Waals surface area contributed by atoms with Gasteiger partial charge in [-0.1, -0.05) is 70.2 Å². The zero-order valence-electron chi connectivity index (χ0n) is 25.2. The van der Waals surface area contributed by atoms with Gasteiger partial charge < -0.3 is 9.47 Å². The summed E-state index contributed by atoms with van der Waals surface area (Å²) < 4.78 is 11.0. The van der Waals surface area contributed by atoms with E-state index in [-0.39, 0.29) is 24.7 Å². The lowest BCUT2D eigenvalue weighted by Crippen LogP contribution is -2.56. The van der Waals surface area contributed by atoms with Crippen LogP contribution in [0.15, 0.2) is 36.4 Å². The SMILES string of the molecule is CC(=O)OC(C)C(=O)C(/C=C/c1ccccc1)(CC(C)C)[C@@H](C(=O)NOC1CCCCO1)[C@@H](CC(C)C)C(=O)NN. The maximum atomic E-state index is 14.5. The Morgan fingerprint density at radius 2 is 1.73 bits per heavy atom. The van der Waals surface area contributed by atoms with Crippen LogP contribution in [0, 0.1) is 29.1 Å². The maximum absolute atomic E-state index is 14.5. The fourth-order valence-electron chi connectivity index (χ4n) is 5.58. The lowest BCUT2D eigenvalue weighted by atomic mass is 9.60. The van der Waals surface area contributed by atoms with Crippen molar-refractivity contribution in [2.24, 2.45) is 34.9 Å². The van der Waals surface area contributed by atoms with Crippen LogP contribution in [0.5, 0.6) is 0 Å². The second-order valence-electron chi connectivity index (χ2n) is 11.6. The Balaban J connectivity index is 2.78. The molecule has 0 saturated carbocycles. The monoisotopic (exact) mass is 573 g/mol. The van der Waals surface area contributed by atoms with Crippen molar-refractivity contribution >= 4 is 29.6 Å². The number of benzene rings is 1. The predicted octanol–water partition coefficient (Wildman–Crippen LogP) is 4.10. The van der Waals surface area contributed by atoms with Crippen molar-refractivity contribution in [2.45, 2.75) is 86.0 Å². The normalized spacial score (nSPS) is 19.3. The molecule has 10 heteroatoms. The molecule has 41 heavy (non-hydrogen) atoms. The van der Waals surface area contributed by atoms with Crippen LogP contribution in [-0.2, 0) is 33.5 Å². The number of hydrogen-bond acceptors (Lipinski definition) is 8. The van der Waals surface area contributed by atoms with E-state index in [0.29, 0.717) is 13.0 Å². The van der Waals surface area contributed by atoms with Crippen molar-refractivity contribution in [3.63, 3.8) is 0 Å². The van der Waals surface area contributed by atoms with Crippen molar-refractivity contribution in [3.8, 4) is 0 Å². The third-order valence-corrected chi connectivity index (χ3v) is 7.16. The number of esters is 1. The number of amides is 2. The number of hydrogen-bond donors (Lipinski definition) is 3. The van der Waals surface area contributed by atoms with Crippen LogP contribution >= 0.6 is 0 Å². The number of hydroxylamine groups is 1. The molecule has 228 valence electrons. The van der Waals surface area contributed by atoms with Crippen LogP contribution in [0.1, 0.15) is 79.2 Å². The standard InChI is InChI=1S/C31H47N3O7/c1-20(2)18-25(29(37)33-32)27(30(38)34-41-26-14-10-11-17-39-26)31(19-21(3)4,28(36)22(5)40-23(6)35)16-15-24-12-8-7-9-13-24/h7-9,12-13,15-16,20-22,25-27H,10-11,14,17-19,32H2,1-6H3,(H,33,37)(H,34,38)/b16-15+/t22?,25-,26?,27-,31?/m1/s1.